The molecule has 2 rings (SSSR count). The fourth-order valence-electron chi connectivity index (χ4n) is 1.81. The maximum atomic E-state index is 5.63. The summed E-state index contributed by atoms with van der Waals surface area (Å²) < 4.78 is 5.33. The third-order valence-corrected chi connectivity index (χ3v) is 2.80. The molecule has 17 heavy (non-hydrogen) atoms. The number of benzene rings is 1. The topological polar surface area (TPSA) is 48.1 Å². The lowest BCUT2D eigenvalue weighted by atomic mass is 10.1. The van der Waals surface area contributed by atoms with Crippen LogP contribution in [-0.4, -0.2) is 12.1 Å². The van der Waals surface area contributed by atoms with Crippen molar-refractivity contribution < 1.29 is 4.74 Å². The Bertz CT molecular complexity index is 523. The van der Waals surface area contributed by atoms with Gasteiger partial charge in [-0.25, -0.2) is 0 Å². The number of aryl methyl sites for hydroxylation is 1. The molecule has 88 valence electrons. The maximum Gasteiger partial charge on any atom is 0.128 e. The van der Waals surface area contributed by atoms with E-state index in [0.29, 0.717) is 6.54 Å². The zero-order valence-corrected chi connectivity index (χ0v) is 10.1. The first-order valence-corrected chi connectivity index (χ1v) is 5.56. The molecule has 0 atom stereocenters. The predicted octanol–water partition coefficient (Wildman–Crippen LogP) is 2.52. The number of hydrogen-bond donors (Lipinski definition) is 1. The Morgan fingerprint density at radius 2 is 1.94 bits per heavy atom. The second-order valence-electron chi connectivity index (χ2n) is 3.85. The second-order valence-corrected chi connectivity index (χ2v) is 3.85. The molecule has 2 N–H and O–H groups in total. The van der Waals surface area contributed by atoms with E-state index in [9.17, 15) is 0 Å². The van der Waals surface area contributed by atoms with Crippen LogP contribution in [0.5, 0.6) is 5.75 Å². The molecule has 1 aromatic carbocycles. The minimum atomic E-state index is 0.519. The zero-order chi connectivity index (χ0) is 12.3. The summed E-state index contributed by atoms with van der Waals surface area (Å²) in [5, 5.41) is 0. The standard InChI is InChI=1S/C14H16N2O/c1-10-11(9-15)7-8-13(16-10)12-5-3-4-6-14(12)17-2/h3-8H,9,15H2,1-2H3. The number of para-hydroxylation sites is 1. The van der Waals surface area contributed by atoms with Crippen LogP contribution < -0.4 is 10.5 Å². The highest BCUT2D eigenvalue weighted by Crippen LogP contribution is 2.28. The van der Waals surface area contributed by atoms with Gasteiger partial charge >= 0.3 is 0 Å². The van der Waals surface area contributed by atoms with Crippen LogP contribution in [0.4, 0.5) is 0 Å². The van der Waals surface area contributed by atoms with Crippen LogP contribution in [0.3, 0.4) is 0 Å². The van der Waals surface area contributed by atoms with E-state index in [2.05, 4.69) is 4.98 Å². The Morgan fingerprint density at radius 1 is 1.18 bits per heavy atom. The summed E-state index contributed by atoms with van der Waals surface area (Å²) in [6.07, 6.45) is 0. The summed E-state index contributed by atoms with van der Waals surface area (Å²) in [6.45, 7) is 2.49. The molecule has 3 nitrogen and oxygen atoms in total. The van der Waals surface area contributed by atoms with Gasteiger partial charge in [-0.05, 0) is 30.7 Å². The summed E-state index contributed by atoms with van der Waals surface area (Å²) in [6, 6.07) is 11.9. The first kappa shape index (κ1) is 11.6. The number of rotatable bonds is 3. The molecule has 0 saturated heterocycles. The van der Waals surface area contributed by atoms with Crippen LogP contribution in [0.25, 0.3) is 11.3 Å². The Hall–Kier alpha value is -1.87. The van der Waals surface area contributed by atoms with Gasteiger partial charge in [-0.15, -0.1) is 0 Å². The fourth-order valence-corrected chi connectivity index (χ4v) is 1.81. The molecule has 0 unspecified atom stereocenters. The molecular formula is C14H16N2O. The summed E-state index contributed by atoms with van der Waals surface area (Å²) in [4.78, 5) is 4.56. The van der Waals surface area contributed by atoms with Crippen molar-refractivity contribution in [2.24, 2.45) is 5.73 Å². The molecule has 0 amide bonds. The molecule has 0 bridgehead atoms. The quantitative estimate of drug-likeness (QED) is 0.878. The molecule has 2 aromatic rings. The highest BCUT2D eigenvalue weighted by Gasteiger charge is 2.07. The fraction of sp³-hybridized carbons (Fsp3) is 0.214. The van der Waals surface area contributed by atoms with Crippen molar-refractivity contribution in [1.29, 1.82) is 0 Å². The SMILES string of the molecule is COc1ccccc1-c1ccc(CN)c(C)n1. The number of ether oxygens (including phenoxy) is 1. The third-order valence-electron chi connectivity index (χ3n) is 2.80. The Labute approximate surface area is 101 Å². The van der Waals surface area contributed by atoms with Crippen molar-refractivity contribution in [1.82, 2.24) is 4.98 Å². The van der Waals surface area contributed by atoms with E-state index in [1.165, 1.54) is 0 Å². The monoisotopic (exact) mass is 228 g/mol. The van der Waals surface area contributed by atoms with Crippen molar-refractivity contribution >= 4 is 0 Å². The molecule has 0 aliphatic heterocycles. The number of nitrogens with two attached hydrogens (primary N) is 1. The van der Waals surface area contributed by atoms with Crippen molar-refractivity contribution in [2.75, 3.05) is 7.11 Å². The van der Waals surface area contributed by atoms with E-state index in [1.807, 2.05) is 43.3 Å². The van der Waals surface area contributed by atoms with Crippen LogP contribution in [-0.2, 0) is 6.54 Å². The molecular weight excluding hydrogens is 212 g/mol. The molecule has 1 aromatic heterocycles. The van der Waals surface area contributed by atoms with Gasteiger partial charge in [-0.1, -0.05) is 18.2 Å². The summed E-state index contributed by atoms with van der Waals surface area (Å²) in [5.41, 5.74) is 9.59. The normalized spacial score (nSPS) is 10.3. The number of nitrogens with zero attached hydrogens (tertiary/aromatic N) is 1. The van der Waals surface area contributed by atoms with Gasteiger partial charge < -0.3 is 10.5 Å². The van der Waals surface area contributed by atoms with Crippen molar-refractivity contribution in [3.63, 3.8) is 0 Å². The van der Waals surface area contributed by atoms with Crippen LogP contribution >= 0.6 is 0 Å². The van der Waals surface area contributed by atoms with E-state index in [-0.39, 0.29) is 0 Å². The first-order chi connectivity index (χ1) is 8.26. The smallest absolute Gasteiger partial charge is 0.128 e. The third kappa shape index (κ3) is 2.29. The zero-order valence-electron chi connectivity index (χ0n) is 10.1. The summed E-state index contributed by atoms with van der Waals surface area (Å²) in [5.74, 6) is 0.833. The van der Waals surface area contributed by atoms with Gasteiger partial charge in [0.2, 0.25) is 0 Å². The number of pyridine rings is 1. The van der Waals surface area contributed by atoms with Gasteiger partial charge in [0.15, 0.2) is 0 Å². The van der Waals surface area contributed by atoms with E-state index >= 15 is 0 Å². The van der Waals surface area contributed by atoms with E-state index in [4.69, 9.17) is 10.5 Å². The average molecular weight is 228 g/mol. The Morgan fingerprint density at radius 3 is 2.59 bits per heavy atom. The van der Waals surface area contributed by atoms with Crippen molar-refractivity contribution in [2.45, 2.75) is 13.5 Å². The molecule has 0 aliphatic carbocycles. The summed E-state index contributed by atoms with van der Waals surface area (Å²) >= 11 is 0. The van der Waals surface area contributed by atoms with Crippen LogP contribution in [0, 0.1) is 6.92 Å². The van der Waals surface area contributed by atoms with Gasteiger partial charge in [0, 0.05) is 17.8 Å². The van der Waals surface area contributed by atoms with E-state index < -0.39 is 0 Å². The van der Waals surface area contributed by atoms with Crippen LogP contribution in [0.2, 0.25) is 0 Å². The first-order valence-electron chi connectivity index (χ1n) is 5.56. The minimum absolute atomic E-state index is 0.519. The number of hydrogen-bond acceptors (Lipinski definition) is 3. The molecule has 0 saturated carbocycles. The van der Waals surface area contributed by atoms with Crippen LogP contribution in [0.1, 0.15) is 11.3 Å². The predicted molar refractivity (Wildman–Crippen MR) is 68.9 cm³/mol. The minimum Gasteiger partial charge on any atom is -0.496 e. The molecule has 0 aliphatic rings. The summed E-state index contributed by atoms with van der Waals surface area (Å²) in [7, 11) is 1.67. The lowest BCUT2D eigenvalue weighted by Crippen LogP contribution is -2.01. The van der Waals surface area contributed by atoms with E-state index in [0.717, 1.165) is 28.3 Å². The molecule has 1 heterocycles. The number of methoxy groups -OCH3 is 1. The van der Waals surface area contributed by atoms with E-state index in [1.54, 1.807) is 7.11 Å². The Balaban J connectivity index is 2.49. The lowest BCUT2D eigenvalue weighted by molar-refractivity contribution is 0.416. The number of aromatic nitrogens is 1. The molecule has 0 spiro atoms. The van der Waals surface area contributed by atoms with Crippen molar-refractivity contribution in [3.05, 3.63) is 47.7 Å². The largest absolute Gasteiger partial charge is 0.496 e. The van der Waals surface area contributed by atoms with Gasteiger partial charge in [-0.3, -0.25) is 4.98 Å². The average Bonchev–Trinajstić information content (AvgIpc) is 2.38. The second kappa shape index (κ2) is 4.97. The maximum absolute atomic E-state index is 5.63. The van der Waals surface area contributed by atoms with Crippen LogP contribution in [0.15, 0.2) is 36.4 Å². The molecule has 0 radical (unpaired) electrons. The van der Waals surface area contributed by atoms with Gasteiger partial charge in [-0.2, -0.15) is 0 Å². The molecule has 3 heteroatoms. The van der Waals surface area contributed by atoms with Crippen molar-refractivity contribution in [3.8, 4) is 17.0 Å². The highest BCUT2D eigenvalue weighted by atomic mass is 16.5. The van der Waals surface area contributed by atoms with Gasteiger partial charge in [0.1, 0.15) is 5.75 Å². The van der Waals surface area contributed by atoms with Gasteiger partial charge in [0.25, 0.3) is 0 Å². The van der Waals surface area contributed by atoms with Gasteiger partial charge in [0.05, 0.1) is 12.8 Å². The lowest BCUT2D eigenvalue weighted by Gasteiger charge is -2.09. The Kier molecular flexibility index (Phi) is 3.40. The highest BCUT2D eigenvalue weighted by molar-refractivity contribution is 5.67. The molecule has 0 fully saturated rings.